The fourth-order valence-electron chi connectivity index (χ4n) is 1.21. The number of rotatable bonds is 6. The summed E-state index contributed by atoms with van der Waals surface area (Å²) in [7, 11) is 0. The van der Waals surface area contributed by atoms with Gasteiger partial charge in [-0.25, -0.2) is 4.79 Å². The van der Waals surface area contributed by atoms with E-state index in [1.807, 2.05) is 48.6 Å². The maximum atomic E-state index is 10.1. The number of carbonyl (C=O) groups is 1. The number of aliphatic carboxylic acids is 1. The highest BCUT2D eigenvalue weighted by Gasteiger charge is 1.99. The Labute approximate surface area is 125 Å². The van der Waals surface area contributed by atoms with Crippen LogP contribution in [0.25, 0.3) is 6.08 Å². The highest BCUT2D eigenvalue weighted by atomic mass is 16.4. The van der Waals surface area contributed by atoms with Gasteiger partial charge in [0.15, 0.2) is 0 Å². The summed E-state index contributed by atoms with van der Waals surface area (Å²) >= 11 is 0. The van der Waals surface area contributed by atoms with Gasteiger partial charge in [-0.1, -0.05) is 61.2 Å². The van der Waals surface area contributed by atoms with Gasteiger partial charge in [0, 0.05) is 11.6 Å². The number of allylic oxidation sites excluding steroid dienone is 4. The lowest BCUT2D eigenvalue weighted by Gasteiger charge is -1.93. The molecule has 3 heteroatoms. The zero-order valence-electron chi connectivity index (χ0n) is 11.9. The van der Waals surface area contributed by atoms with Gasteiger partial charge in [-0.15, -0.1) is 6.58 Å². The van der Waals surface area contributed by atoms with Crippen molar-refractivity contribution in [1.82, 2.24) is 0 Å². The van der Waals surface area contributed by atoms with Crippen LogP contribution < -0.4 is 0 Å². The van der Waals surface area contributed by atoms with E-state index < -0.39 is 5.97 Å². The van der Waals surface area contributed by atoms with E-state index in [0.29, 0.717) is 12.8 Å². The first-order valence-electron chi connectivity index (χ1n) is 6.41. The quantitative estimate of drug-likeness (QED) is 0.364. The molecule has 0 fully saturated rings. The number of hydrogen-bond acceptors (Lipinski definition) is 2. The van der Waals surface area contributed by atoms with Crippen molar-refractivity contribution in [3.63, 3.8) is 0 Å². The average molecular weight is 281 g/mol. The van der Waals surface area contributed by atoms with E-state index in [2.05, 4.69) is 13.2 Å². The smallest absolute Gasteiger partial charge is 0.330 e. The third-order valence-corrected chi connectivity index (χ3v) is 2.32. The summed E-state index contributed by atoms with van der Waals surface area (Å²) in [5.74, 6) is -0.920. The summed E-state index contributed by atoms with van der Waals surface area (Å²) in [6, 6.07) is 11.9. The second-order valence-corrected chi connectivity index (χ2v) is 3.99. The van der Waals surface area contributed by atoms with Crippen LogP contribution in [0.2, 0.25) is 0 Å². The van der Waals surface area contributed by atoms with Crippen molar-refractivity contribution in [2.45, 2.75) is 12.8 Å². The van der Waals surface area contributed by atoms with Crippen LogP contribution in [0.3, 0.4) is 0 Å². The minimum atomic E-state index is -0.920. The van der Waals surface area contributed by atoms with Crippen LogP contribution in [0, 0.1) is 11.3 Å². The predicted octanol–water partition coefficient (Wildman–Crippen LogP) is 4.37. The lowest BCUT2D eigenvalue weighted by Crippen LogP contribution is -1.97. The molecule has 0 unspecified atom stereocenters. The molecule has 21 heavy (non-hydrogen) atoms. The molecule has 0 spiro atoms. The molecule has 0 heterocycles. The van der Waals surface area contributed by atoms with Crippen LogP contribution in [0.1, 0.15) is 18.4 Å². The standard InChI is InChI=1S/C11H9N.C7H10O2/c12-10-6-2-5-9-11-7-3-1-4-8-11;1-3-4-5-6(2)7(8)9/h1-9H;3H,1-2,4-5H2,(H,8,9). The van der Waals surface area contributed by atoms with Crippen molar-refractivity contribution in [2.75, 3.05) is 0 Å². The molecular weight excluding hydrogens is 262 g/mol. The number of hydrogen-bond donors (Lipinski definition) is 1. The lowest BCUT2D eigenvalue weighted by atomic mass is 10.2. The number of nitrogens with zero attached hydrogens (tertiary/aromatic N) is 1. The number of carboxylic acids is 1. The molecule has 0 amide bonds. The monoisotopic (exact) mass is 281 g/mol. The van der Waals surface area contributed by atoms with E-state index in [1.165, 1.54) is 6.08 Å². The number of benzene rings is 1. The van der Waals surface area contributed by atoms with E-state index in [9.17, 15) is 4.79 Å². The zero-order valence-corrected chi connectivity index (χ0v) is 11.9. The van der Waals surface area contributed by atoms with Crippen LogP contribution in [0.5, 0.6) is 0 Å². The topological polar surface area (TPSA) is 61.1 Å². The molecular formula is C18H19NO2. The van der Waals surface area contributed by atoms with Gasteiger partial charge in [0.1, 0.15) is 0 Å². The Balaban J connectivity index is 0.000000400. The molecule has 0 bridgehead atoms. The van der Waals surface area contributed by atoms with Gasteiger partial charge >= 0.3 is 5.97 Å². The molecule has 0 aliphatic carbocycles. The SMILES string of the molecule is C=CCCC(=C)C(=O)O.N#CC=CC=Cc1ccccc1. The minimum Gasteiger partial charge on any atom is -0.478 e. The zero-order chi connectivity index (χ0) is 15.9. The van der Waals surface area contributed by atoms with Crippen LogP contribution in [0.15, 0.2) is 73.4 Å². The van der Waals surface area contributed by atoms with E-state index in [1.54, 1.807) is 12.2 Å². The van der Waals surface area contributed by atoms with Crippen molar-refractivity contribution >= 4 is 12.0 Å². The summed E-state index contributed by atoms with van der Waals surface area (Å²) in [6.45, 7) is 6.80. The summed E-state index contributed by atoms with van der Waals surface area (Å²) in [6.07, 6.45) is 9.82. The summed E-state index contributed by atoms with van der Waals surface area (Å²) < 4.78 is 0. The average Bonchev–Trinajstić information content (AvgIpc) is 2.51. The molecule has 0 aliphatic heterocycles. The molecule has 108 valence electrons. The summed E-state index contributed by atoms with van der Waals surface area (Å²) in [4.78, 5) is 10.1. The van der Waals surface area contributed by atoms with E-state index >= 15 is 0 Å². The molecule has 0 saturated carbocycles. The number of nitriles is 1. The van der Waals surface area contributed by atoms with E-state index in [-0.39, 0.29) is 5.57 Å². The Bertz CT molecular complexity index is 548. The first kappa shape index (κ1) is 18.1. The second kappa shape index (κ2) is 12.2. The molecule has 0 saturated heterocycles. The van der Waals surface area contributed by atoms with Crippen LogP contribution in [-0.4, -0.2) is 11.1 Å². The molecule has 1 rings (SSSR count). The van der Waals surface area contributed by atoms with Gasteiger partial charge in [-0.3, -0.25) is 0 Å². The first-order chi connectivity index (χ1) is 10.1. The maximum Gasteiger partial charge on any atom is 0.330 e. The molecule has 3 nitrogen and oxygen atoms in total. The van der Waals surface area contributed by atoms with Gasteiger partial charge < -0.3 is 5.11 Å². The fourth-order valence-corrected chi connectivity index (χ4v) is 1.21. The van der Waals surface area contributed by atoms with Gasteiger partial charge in [0.05, 0.1) is 6.07 Å². The summed E-state index contributed by atoms with van der Waals surface area (Å²) in [5, 5.41) is 16.5. The number of carboxylic acid groups (broad SMARTS) is 1. The van der Waals surface area contributed by atoms with Gasteiger partial charge in [0.2, 0.25) is 0 Å². The molecule has 1 N–H and O–H groups in total. The van der Waals surface area contributed by atoms with Crippen molar-refractivity contribution in [2.24, 2.45) is 0 Å². The molecule has 1 aromatic carbocycles. The Hall–Kier alpha value is -2.86. The Morgan fingerprint density at radius 1 is 1.29 bits per heavy atom. The molecule has 0 radical (unpaired) electrons. The van der Waals surface area contributed by atoms with E-state index in [0.717, 1.165) is 5.56 Å². The molecule has 0 aliphatic rings. The fraction of sp³-hybridized carbons (Fsp3) is 0.111. The van der Waals surface area contributed by atoms with Crippen LogP contribution >= 0.6 is 0 Å². The van der Waals surface area contributed by atoms with Crippen molar-refractivity contribution in [3.05, 3.63) is 78.9 Å². The highest BCUT2D eigenvalue weighted by molar-refractivity contribution is 5.85. The van der Waals surface area contributed by atoms with Crippen molar-refractivity contribution < 1.29 is 9.90 Å². The second-order valence-electron chi connectivity index (χ2n) is 3.99. The predicted molar refractivity (Wildman–Crippen MR) is 86.4 cm³/mol. The minimum absolute atomic E-state index is 0.245. The maximum absolute atomic E-state index is 10.1. The van der Waals surface area contributed by atoms with Gasteiger partial charge in [-0.05, 0) is 18.4 Å². The Kier molecular flexibility index (Phi) is 10.5. The van der Waals surface area contributed by atoms with Gasteiger partial charge in [0.25, 0.3) is 0 Å². The van der Waals surface area contributed by atoms with Crippen molar-refractivity contribution in [3.8, 4) is 6.07 Å². The Morgan fingerprint density at radius 2 is 1.95 bits per heavy atom. The first-order valence-corrected chi connectivity index (χ1v) is 6.41. The van der Waals surface area contributed by atoms with Crippen LogP contribution in [0.4, 0.5) is 0 Å². The third-order valence-electron chi connectivity index (χ3n) is 2.32. The third kappa shape index (κ3) is 10.7. The Morgan fingerprint density at radius 3 is 2.48 bits per heavy atom. The normalized spacial score (nSPS) is 9.67. The van der Waals surface area contributed by atoms with Crippen LogP contribution in [-0.2, 0) is 4.79 Å². The molecule has 0 atom stereocenters. The van der Waals surface area contributed by atoms with Crippen molar-refractivity contribution in [1.29, 1.82) is 5.26 Å². The molecule has 1 aromatic rings. The molecule has 0 aromatic heterocycles. The summed E-state index contributed by atoms with van der Waals surface area (Å²) in [5.41, 5.74) is 1.38. The largest absolute Gasteiger partial charge is 0.478 e. The van der Waals surface area contributed by atoms with E-state index in [4.69, 9.17) is 10.4 Å². The lowest BCUT2D eigenvalue weighted by molar-refractivity contribution is -0.132. The van der Waals surface area contributed by atoms with Gasteiger partial charge in [-0.2, -0.15) is 5.26 Å². The highest BCUT2D eigenvalue weighted by Crippen LogP contribution is 2.01.